The number of carboxylic acids is 1. The van der Waals surface area contributed by atoms with E-state index in [4.69, 9.17) is 5.11 Å². The first-order valence-corrected chi connectivity index (χ1v) is 7.40. The molecule has 6 nitrogen and oxygen atoms in total. The number of carbonyl (C=O) groups is 2. The summed E-state index contributed by atoms with van der Waals surface area (Å²) in [6.45, 7) is 0.738. The van der Waals surface area contributed by atoms with E-state index in [1.165, 1.54) is 11.3 Å². The molecule has 22 heavy (non-hydrogen) atoms. The van der Waals surface area contributed by atoms with Gasteiger partial charge in [-0.3, -0.25) is 10.1 Å². The van der Waals surface area contributed by atoms with Crippen LogP contribution in [0.25, 0.3) is 0 Å². The molecular weight excluding hydrogens is 323 g/mol. The topological polar surface area (TPSA) is 82.5 Å². The molecular formula is C12H14F3N3O3S. The van der Waals surface area contributed by atoms with E-state index in [9.17, 15) is 22.8 Å². The number of hydrogen-bond acceptors (Lipinski definition) is 4. The minimum absolute atomic E-state index is 0.282. The highest BCUT2D eigenvalue weighted by Crippen LogP contribution is 2.37. The molecule has 0 aliphatic carbocycles. The highest BCUT2D eigenvalue weighted by Gasteiger charge is 2.53. The number of hydrogen-bond donors (Lipinski definition) is 2. The van der Waals surface area contributed by atoms with Crippen LogP contribution in [0.15, 0.2) is 5.38 Å². The molecule has 2 atom stereocenters. The van der Waals surface area contributed by atoms with Gasteiger partial charge in [0.2, 0.25) is 0 Å². The van der Waals surface area contributed by atoms with Crippen LogP contribution < -0.4 is 5.32 Å². The molecule has 0 radical (unpaired) electrons. The fraction of sp³-hybridized carbons (Fsp3) is 0.583. The van der Waals surface area contributed by atoms with Crippen LogP contribution in [-0.2, 0) is 11.2 Å². The number of alkyl halides is 3. The Morgan fingerprint density at radius 2 is 2.18 bits per heavy atom. The molecule has 2 heterocycles. The summed E-state index contributed by atoms with van der Waals surface area (Å²) in [5.41, 5.74) is 0.762. The van der Waals surface area contributed by atoms with Crippen molar-refractivity contribution in [2.75, 3.05) is 18.4 Å². The number of aromatic nitrogens is 1. The second-order valence-corrected chi connectivity index (χ2v) is 5.78. The molecule has 1 fully saturated rings. The first-order chi connectivity index (χ1) is 10.2. The summed E-state index contributed by atoms with van der Waals surface area (Å²) in [5, 5.41) is 13.3. The van der Waals surface area contributed by atoms with E-state index in [0.717, 1.165) is 10.6 Å². The van der Waals surface area contributed by atoms with Crippen molar-refractivity contribution >= 4 is 28.5 Å². The van der Waals surface area contributed by atoms with Crippen LogP contribution in [0.2, 0.25) is 0 Å². The van der Waals surface area contributed by atoms with Crippen LogP contribution in [0.3, 0.4) is 0 Å². The Morgan fingerprint density at radius 1 is 1.50 bits per heavy atom. The van der Waals surface area contributed by atoms with E-state index < -0.39 is 43.1 Å². The lowest BCUT2D eigenvalue weighted by atomic mass is 9.96. The van der Waals surface area contributed by atoms with Crippen LogP contribution in [0.5, 0.6) is 0 Å². The molecule has 1 aromatic rings. The molecule has 0 saturated carbocycles. The molecule has 2 N–H and O–H groups in total. The number of urea groups is 1. The lowest BCUT2D eigenvalue weighted by Crippen LogP contribution is -2.35. The van der Waals surface area contributed by atoms with E-state index in [1.807, 2.05) is 6.92 Å². The monoisotopic (exact) mass is 337 g/mol. The van der Waals surface area contributed by atoms with Crippen molar-refractivity contribution < 1.29 is 27.9 Å². The maximum Gasteiger partial charge on any atom is 0.394 e. The quantitative estimate of drug-likeness (QED) is 0.887. The molecule has 122 valence electrons. The molecule has 1 saturated heterocycles. The number of aryl methyl sites for hydroxylation is 1. The summed E-state index contributed by atoms with van der Waals surface area (Å²) in [7, 11) is 0. The number of amides is 2. The smallest absolute Gasteiger partial charge is 0.394 e. The van der Waals surface area contributed by atoms with Gasteiger partial charge in [0.15, 0.2) is 5.13 Å². The molecule has 0 spiro atoms. The maximum atomic E-state index is 12.9. The summed E-state index contributed by atoms with van der Waals surface area (Å²) in [6.07, 6.45) is -3.98. The number of rotatable bonds is 3. The van der Waals surface area contributed by atoms with E-state index in [1.54, 1.807) is 5.38 Å². The predicted molar refractivity (Wildman–Crippen MR) is 72.8 cm³/mol. The van der Waals surface area contributed by atoms with E-state index >= 15 is 0 Å². The lowest BCUT2D eigenvalue weighted by Gasteiger charge is -2.18. The standard InChI is InChI=1S/C12H14F3N3O3S/c1-2-6-5-22-10(16-6)17-11(21)18-3-7(9(19)20)8(4-18)12(13,14)15/h5,7-8H,2-4H2,1H3,(H,19,20)(H,16,17,21)/t7-,8-/m1/s1. The van der Waals surface area contributed by atoms with Crippen molar-refractivity contribution in [3.8, 4) is 0 Å². The number of aliphatic carboxylic acids is 1. The van der Waals surface area contributed by atoms with Crippen LogP contribution >= 0.6 is 11.3 Å². The van der Waals surface area contributed by atoms with E-state index in [-0.39, 0.29) is 5.13 Å². The number of nitrogens with zero attached hydrogens (tertiary/aromatic N) is 2. The van der Waals surface area contributed by atoms with Gasteiger partial charge in [0, 0.05) is 18.5 Å². The number of anilines is 1. The van der Waals surface area contributed by atoms with Crippen molar-refractivity contribution in [3.05, 3.63) is 11.1 Å². The second-order valence-electron chi connectivity index (χ2n) is 4.93. The minimum Gasteiger partial charge on any atom is -0.481 e. The molecule has 1 aliphatic rings. The number of halogens is 3. The van der Waals surface area contributed by atoms with Gasteiger partial charge in [-0.15, -0.1) is 11.3 Å². The van der Waals surface area contributed by atoms with Crippen LogP contribution in [0.1, 0.15) is 12.6 Å². The van der Waals surface area contributed by atoms with Gasteiger partial charge in [0.05, 0.1) is 17.5 Å². The Labute approximate surface area is 127 Å². The van der Waals surface area contributed by atoms with Crippen molar-refractivity contribution in [3.63, 3.8) is 0 Å². The largest absolute Gasteiger partial charge is 0.481 e. The van der Waals surface area contributed by atoms with E-state index in [0.29, 0.717) is 6.42 Å². The number of carbonyl (C=O) groups excluding carboxylic acids is 1. The Hall–Kier alpha value is -1.84. The molecule has 1 aromatic heterocycles. The van der Waals surface area contributed by atoms with Gasteiger partial charge < -0.3 is 10.0 Å². The van der Waals surface area contributed by atoms with Crippen molar-refractivity contribution in [2.24, 2.45) is 11.8 Å². The van der Waals surface area contributed by atoms with Crippen molar-refractivity contribution in [2.45, 2.75) is 19.5 Å². The zero-order valence-electron chi connectivity index (χ0n) is 11.6. The molecule has 0 aromatic carbocycles. The Kier molecular flexibility index (Phi) is 4.59. The summed E-state index contributed by atoms with van der Waals surface area (Å²) < 4.78 is 38.6. The summed E-state index contributed by atoms with van der Waals surface area (Å²) in [6, 6.07) is -0.769. The maximum absolute atomic E-state index is 12.9. The predicted octanol–water partition coefficient (Wildman–Crippen LogP) is 2.43. The van der Waals surface area contributed by atoms with Crippen molar-refractivity contribution in [1.29, 1.82) is 0 Å². The van der Waals surface area contributed by atoms with Gasteiger partial charge in [-0.25, -0.2) is 9.78 Å². The Morgan fingerprint density at radius 3 is 2.64 bits per heavy atom. The average molecular weight is 337 g/mol. The van der Waals surface area contributed by atoms with Crippen LogP contribution in [0, 0.1) is 11.8 Å². The third-order valence-corrected chi connectivity index (χ3v) is 4.28. The van der Waals surface area contributed by atoms with Crippen LogP contribution in [-0.4, -0.2) is 46.3 Å². The third kappa shape index (κ3) is 3.49. The van der Waals surface area contributed by atoms with Gasteiger partial charge in [-0.1, -0.05) is 6.92 Å². The van der Waals surface area contributed by atoms with Crippen LogP contribution in [0.4, 0.5) is 23.1 Å². The Balaban J connectivity index is 2.06. The normalized spacial score (nSPS) is 21.9. The van der Waals surface area contributed by atoms with Gasteiger partial charge in [0.25, 0.3) is 0 Å². The zero-order chi connectivity index (χ0) is 16.5. The van der Waals surface area contributed by atoms with Gasteiger partial charge in [-0.05, 0) is 6.42 Å². The lowest BCUT2D eigenvalue weighted by molar-refractivity contribution is -0.187. The number of carboxylic acid groups (broad SMARTS) is 1. The van der Waals surface area contributed by atoms with Gasteiger partial charge in [-0.2, -0.15) is 13.2 Å². The minimum atomic E-state index is -4.66. The highest BCUT2D eigenvalue weighted by molar-refractivity contribution is 7.13. The average Bonchev–Trinajstić information content (AvgIpc) is 3.03. The van der Waals surface area contributed by atoms with Gasteiger partial charge in [0.1, 0.15) is 0 Å². The molecule has 1 aliphatic heterocycles. The third-order valence-electron chi connectivity index (χ3n) is 3.47. The molecule has 2 amide bonds. The molecule has 0 unspecified atom stereocenters. The molecule has 0 bridgehead atoms. The van der Waals surface area contributed by atoms with Gasteiger partial charge >= 0.3 is 18.2 Å². The SMILES string of the molecule is CCc1csc(NC(=O)N2C[C@@H](C(F)(F)F)[C@H](C(=O)O)C2)n1. The summed E-state index contributed by atoms with van der Waals surface area (Å²) >= 11 is 1.17. The first-order valence-electron chi connectivity index (χ1n) is 6.52. The molecule has 2 rings (SSSR count). The van der Waals surface area contributed by atoms with Crippen molar-refractivity contribution in [1.82, 2.24) is 9.88 Å². The zero-order valence-corrected chi connectivity index (χ0v) is 12.4. The number of nitrogens with one attached hydrogen (secondary N) is 1. The Bertz CT molecular complexity index is 575. The molecule has 10 heteroatoms. The first kappa shape index (κ1) is 16.5. The van der Waals surface area contributed by atoms with E-state index in [2.05, 4.69) is 10.3 Å². The number of thiazole rings is 1. The fourth-order valence-corrected chi connectivity index (χ4v) is 3.03. The fourth-order valence-electron chi connectivity index (χ4n) is 2.25. The number of likely N-dealkylation sites (tertiary alicyclic amines) is 1. The summed E-state index contributed by atoms with van der Waals surface area (Å²) in [5.74, 6) is -5.26. The highest BCUT2D eigenvalue weighted by atomic mass is 32.1. The summed E-state index contributed by atoms with van der Waals surface area (Å²) in [4.78, 5) is 27.9. The second kappa shape index (κ2) is 6.11.